The van der Waals surface area contributed by atoms with E-state index in [0.29, 0.717) is 0 Å². The number of hydrogen-bond acceptors (Lipinski definition) is 2. The van der Waals surface area contributed by atoms with Crippen LogP contribution in [0.2, 0.25) is 0 Å². The van der Waals surface area contributed by atoms with Gasteiger partial charge >= 0.3 is 0 Å². The monoisotopic (exact) mass is 238 g/mol. The predicted molar refractivity (Wildman–Crippen MR) is 74.3 cm³/mol. The van der Waals surface area contributed by atoms with Crippen molar-refractivity contribution >= 4 is 0 Å². The molecule has 1 N–H and O–H groups in total. The van der Waals surface area contributed by atoms with Crippen LogP contribution in [0, 0.1) is 5.92 Å². The fraction of sp³-hybridized carbons (Fsp3) is 1.00. The summed E-state index contributed by atoms with van der Waals surface area (Å²) in [7, 11) is 0. The van der Waals surface area contributed by atoms with E-state index in [2.05, 4.69) is 24.1 Å². The summed E-state index contributed by atoms with van der Waals surface area (Å²) in [6, 6.07) is 1.64. The van der Waals surface area contributed by atoms with Gasteiger partial charge in [0.2, 0.25) is 0 Å². The average molecular weight is 238 g/mol. The Morgan fingerprint density at radius 2 is 1.94 bits per heavy atom. The van der Waals surface area contributed by atoms with Gasteiger partial charge < -0.3 is 5.32 Å². The third kappa shape index (κ3) is 3.45. The van der Waals surface area contributed by atoms with Gasteiger partial charge in [-0.3, -0.25) is 4.90 Å². The van der Waals surface area contributed by atoms with Crippen LogP contribution in [0.3, 0.4) is 0 Å². The minimum absolute atomic E-state index is 0.731. The summed E-state index contributed by atoms with van der Waals surface area (Å²) in [6.45, 7) is 8.35. The molecule has 2 heteroatoms. The van der Waals surface area contributed by atoms with Gasteiger partial charge in [0, 0.05) is 18.6 Å². The lowest BCUT2D eigenvalue weighted by molar-refractivity contribution is 0.142. The van der Waals surface area contributed by atoms with Gasteiger partial charge in [-0.1, -0.05) is 19.8 Å². The van der Waals surface area contributed by atoms with Crippen molar-refractivity contribution in [3.8, 4) is 0 Å². The van der Waals surface area contributed by atoms with Crippen molar-refractivity contribution in [2.75, 3.05) is 19.6 Å². The Balaban J connectivity index is 1.80. The Hall–Kier alpha value is -0.0800. The van der Waals surface area contributed by atoms with Gasteiger partial charge in [-0.15, -0.1) is 0 Å². The molecule has 2 atom stereocenters. The molecule has 100 valence electrons. The lowest BCUT2D eigenvalue weighted by Crippen LogP contribution is -2.45. The SMILES string of the molecule is CCCNCC(C)N1CCCC1C1CCCC1. The Morgan fingerprint density at radius 3 is 2.65 bits per heavy atom. The van der Waals surface area contributed by atoms with Gasteiger partial charge in [-0.25, -0.2) is 0 Å². The molecule has 1 aliphatic carbocycles. The quantitative estimate of drug-likeness (QED) is 0.716. The Morgan fingerprint density at radius 1 is 1.18 bits per heavy atom. The van der Waals surface area contributed by atoms with E-state index in [-0.39, 0.29) is 0 Å². The highest BCUT2D eigenvalue weighted by Gasteiger charge is 2.35. The van der Waals surface area contributed by atoms with Gasteiger partial charge in [-0.2, -0.15) is 0 Å². The van der Waals surface area contributed by atoms with Crippen LogP contribution in [0.25, 0.3) is 0 Å². The third-order valence-electron chi connectivity index (χ3n) is 4.72. The predicted octanol–water partition coefficient (Wildman–Crippen LogP) is 3.03. The van der Waals surface area contributed by atoms with Crippen LogP contribution in [0.1, 0.15) is 58.8 Å². The molecule has 0 amide bonds. The highest BCUT2D eigenvalue weighted by atomic mass is 15.2. The second kappa shape index (κ2) is 6.75. The Labute approximate surface area is 107 Å². The van der Waals surface area contributed by atoms with E-state index in [4.69, 9.17) is 0 Å². The molecule has 2 fully saturated rings. The van der Waals surface area contributed by atoms with Crippen LogP contribution in [0.15, 0.2) is 0 Å². The van der Waals surface area contributed by atoms with Crippen molar-refractivity contribution in [2.45, 2.75) is 70.9 Å². The number of likely N-dealkylation sites (tertiary alicyclic amines) is 1. The molecule has 0 radical (unpaired) electrons. The molecular formula is C15H30N2. The smallest absolute Gasteiger partial charge is 0.0195 e. The molecule has 2 rings (SSSR count). The van der Waals surface area contributed by atoms with Gasteiger partial charge in [-0.05, 0) is 58.0 Å². The van der Waals surface area contributed by atoms with E-state index < -0.39 is 0 Å². The zero-order chi connectivity index (χ0) is 12.1. The molecule has 17 heavy (non-hydrogen) atoms. The van der Waals surface area contributed by atoms with Crippen molar-refractivity contribution in [3.63, 3.8) is 0 Å². The molecule has 0 aromatic rings. The van der Waals surface area contributed by atoms with E-state index in [1.165, 1.54) is 64.6 Å². The maximum Gasteiger partial charge on any atom is 0.0195 e. The summed E-state index contributed by atoms with van der Waals surface area (Å²) in [6.07, 6.45) is 10.1. The Bertz CT molecular complexity index is 211. The van der Waals surface area contributed by atoms with Gasteiger partial charge in [0.25, 0.3) is 0 Å². The number of nitrogens with zero attached hydrogens (tertiary/aromatic N) is 1. The van der Waals surface area contributed by atoms with E-state index in [1.54, 1.807) is 0 Å². The van der Waals surface area contributed by atoms with Crippen LogP contribution in [0.5, 0.6) is 0 Å². The summed E-state index contributed by atoms with van der Waals surface area (Å²) in [5.74, 6) is 1.02. The molecule has 0 bridgehead atoms. The molecule has 2 unspecified atom stereocenters. The second-order valence-corrected chi connectivity index (χ2v) is 6.05. The van der Waals surface area contributed by atoms with Crippen LogP contribution in [0.4, 0.5) is 0 Å². The summed E-state index contributed by atoms with van der Waals surface area (Å²) < 4.78 is 0. The van der Waals surface area contributed by atoms with Crippen molar-refractivity contribution in [2.24, 2.45) is 5.92 Å². The van der Waals surface area contributed by atoms with Gasteiger partial charge in [0.15, 0.2) is 0 Å². The fourth-order valence-corrected chi connectivity index (χ4v) is 3.82. The molecule has 0 aromatic heterocycles. The number of rotatable bonds is 6. The lowest BCUT2D eigenvalue weighted by Gasteiger charge is -2.34. The molecule has 2 aliphatic rings. The van der Waals surface area contributed by atoms with Crippen LogP contribution in [-0.2, 0) is 0 Å². The van der Waals surface area contributed by atoms with E-state index >= 15 is 0 Å². The summed E-state index contributed by atoms with van der Waals surface area (Å²) in [5.41, 5.74) is 0. The first-order valence-corrected chi connectivity index (χ1v) is 7.79. The number of hydrogen-bond donors (Lipinski definition) is 1. The molecule has 1 heterocycles. The van der Waals surface area contributed by atoms with Gasteiger partial charge in [0.1, 0.15) is 0 Å². The maximum atomic E-state index is 3.58. The van der Waals surface area contributed by atoms with Crippen molar-refractivity contribution in [3.05, 3.63) is 0 Å². The molecule has 0 aromatic carbocycles. The minimum atomic E-state index is 0.731. The lowest BCUT2D eigenvalue weighted by atomic mass is 9.95. The second-order valence-electron chi connectivity index (χ2n) is 6.05. The largest absolute Gasteiger partial charge is 0.315 e. The topological polar surface area (TPSA) is 15.3 Å². The normalized spacial score (nSPS) is 28.9. The first-order chi connectivity index (χ1) is 8.33. The highest BCUT2D eigenvalue weighted by molar-refractivity contribution is 4.90. The van der Waals surface area contributed by atoms with E-state index in [1.807, 2.05) is 0 Å². The molecule has 1 saturated carbocycles. The Kier molecular flexibility index (Phi) is 5.30. The zero-order valence-corrected chi connectivity index (χ0v) is 11.8. The maximum absolute atomic E-state index is 3.58. The van der Waals surface area contributed by atoms with Crippen molar-refractivity contribution in [1.29, 1.82) is 0 Å². The van der Waals surface area contributed by atoms with Gasteiger partial charge in [0.05, 0.1) is 0 Å². The summed E-state index contributed by atoms with van der Waals surface area (Å²) in [5, 5.41) is 3.58. The van der Waals surface area contributed by atoms with Crippen LogP contribution < -0.4 is 5.32 Å². The van der Waals surface area contributed by atoms with E-state index in [0.717, 1.165) is 18.0 Å². The van der Waals surface area contributed by atoms with E-state index in [9.17, 15) is 0 Å². The highest BCUT2D eigenvalue weighted by Crippen LogP contribution is 2.36. The first kappa shape index (κ1) is 13.4. The molecular weight excluding hydrogens is 208 g/mol. The average Bonchev–Trinajstić information content (AvgIpc) is 2.99. The molecule has 0 spiro atoms. The third-order valence-corrected chi connectivity index (χ3v) is 4.72. The van der Waals surface area contributed by atoms with Crippen molar-refractivity contribution in [1.82, 2.24) is 10.2 Å². The standard InChI is InChI=1S/C15H30N2/c1-3-10-16-12-13(2)17-11-6-9-15(17)14-7-4-5-8-14/h13-16H,3-12H2,1-2H3. The molecule has 1 saturated heterocycles. The molecule has 2 nitrogen and oxygen atoms in total. The summed E-state index contributed by atoms with van der Waals surface area (Å²) >= 11 is 0. The number of nitrogens with one attached hydrogen (secondary N) is 1. The molecule has 1 aliphatic heterocycles. The van der Waals surface area contributed by atoms with Crippen LogP contribution >= 0.6 is 0 Å². The van der Waals surface area contributed by atoms with Crippen molar-refractivity contribution < 1.29 is 0 Å². The zero-order valence-electron chi connectivity index (χ0n) is 11.8. The first-order valence-electron chi connectivity index (χ1n) is 7.79. The van der Waals surface area contributed by atoms with Crippen LogP contribution in [-0.4, -0.2) is 36.6 Å². The summed E-state index contributed by atoms with van der Waals surface area (Å²) in [4.78, 5) is 2.80. The fourth-order valence-electron chi connectivity index (χ4n) is 3.82. The minimum Gasteiger partial charge on any atom is -0.315 e.